The summed E-state index contributed by atoms with van der Waals surface area (Å²) in [5.41, 5.74) is 0. The van der Waals surface area contributed by atoms with Gasteiger partial charge in [-0.3, -0.25) is 4.79 Å². The number of piperidine rings is 1. The van der Waals surface area contributed by atoms with E-state index in [1.54, 1.807) is 7.11 Å². The zero-order valence-electron chi connectivity index (χ0n) is 16.1. The summed E-state index contributed by atoms with van der Waals surface area (Å²) >= 11 is 0. The molecule has 1 aromatic rings. The third kappa shape index (κ3) is 4.22. The highest BCUT2D eigenvalue weighted by Crippen LogP contribution is 2.35. The molecular weight excluding hydrogens is 344 g/mol. The summed E-state index contributed by atoms with van der Waals surface area (Å²) in [4.78, 5) is 17.1. The lowest BCUT2D eigenvalue weighted by molar-refractivity contribution is -0.133. The molecule has 6 nitrogen and oxygen atoms in total. The average molecular weight is 374 g/mol. The maximum absolute atomic E-state index is 12.6. The second-order valence-corrected chi connectivity index (χ2v) is 7.90. The molecule has 1 aromatic carbocycles. The molecule has 1 amide bonds. The van der Waals surface area contributed by atoms with Crippen LogP contribution in [0.15, 0.2) is 24.3 Å². The van der Waals surface area contributed by atoms with Crippen LogP contribution < -0.4 is 9.47 Å². The lowest BCUT2D eigenvalue weighted by atomic mass is 9.92. The van der Waals surface area contributed by atoms with E-state index in [9.17, 15) is 4.79 Å². The lowest BCUT2D eigenvalue weighted by Gasteiger charge is -2.30. The van der Waals surface area contributed by atoms with Crippen molar-refractivity contribution in [2.75, 3.05) is 53.0 Å². The maximum Gasteiger partial charge on any atom is 0.260 e. The van der Waals surface area contributed by atoms with Gasteiger partial charge in [0.25, 0.3) is 5.91 Å². The lowest BCUT2D eigenvalue weighted by Crippen LogP contribution is -2.38. The molecule has 0 N–H and O–H groups in total. The smallest absolute Gasteiger partial charge is 0.260 e. The Kier molecular flexibility index (Phi) is 5.83. The van der Waals surface area contributed by atoms with Gasteiger partial charge in [-0.1, -0.05) is 18.6 Å². The molecule has 3 atom stereocenters. The number of hydrogen-bond donors (Lipinski definition) is 0. The van der Waals surface area contributed by atoms with Crippen molar-refractivity contribution in [3.8, 4) is 11.5 Å². The van der Waals surface area contributed by atoms with Gasteiger partial charge < -0.3 is 24.0 Å². The summed E-state index contributed by atoms with van der Waals surface area (Å²) in [6.45, 7) is 5.89. The largest absolute Gasteiger partial charge is 0.493 e. The van der Waals surface area contributed by atoms with Crippen molar-refractivity contribution in [2.45, 2.75) is 25.4 Å². The number of methoxy groups -OCH3 is 1. The maximum atomic E-state index is 12.6. The standard InChI is InChI=1S/C21H30N2O4/c1-25-18-7-3-4-8-19(18)27-15-21(24)23-12-17-16(14-26-20(17)13-23)11-22-9-5-2-6-10-22/h3-4,7-8,16-17,20H,2,5-6,9-15H2,1H3/t16-,17-,20-/m1/s1. The SMILES string of the molecule is COc1ccccc1OCC(=O)N1C[C@@H]2[C@H](CN3CCCCC3)CO[C@@H]2C1. The van der Waals surface area contributed by atoms with Crippen molar-refractivity contribution >= 4 is 5.91 Å². The van der Waals surface area contributed by atoms with Gasteiger partial charge in [-0.05, 0) is 38.1 Å². The molecule has 0 saturated carbocycles. The second-order valence-electron chi connectivity index (χ2n) is 7.90. The summed E-state index contributed by atoms with van der Waals surface area (Å²) in [6.07, 6.45) is 4.17. The Bertz CT molecular complexity index is 647. The zero-order valence-corrected chi connectivity index (χ0v) is 16.1. The van der Waals surface area contributed by atoms with Crippen LogP contribution >= 0.6 is 0 Å². The topological polar surface area (TPSA) is 51.2 Å². The van der Waals surface area contributed by atoms with Gasteiger partial charge in [-0.25, -0.2) is 0 Å². The molecule has 0 radical (unpaired) electrons. The highest BCUT2D eigenvalue weighted by Gasteiger charge is 2.45. The van der Waals surface area contributed by atoms with E-state index in [1.165, 1.54) is 32.4 Å². The van der Waals surface area contributed by atoms with Crippen molar-refractivity contribution in [3.05, 3.63) is 24.3 Å². The van der Waals surface area contributed by atoms with Crippen LogP contribution in [0.1, 0.15) is 19.3 Å². The molecule has 4 rings (SSSR count). The molecule has 148 valence electrons. The first-order valence-electron chi connectivity index (χ1n) is 10.1. The number of para-hydroxylation sites is 2. The summed E-state index contributed by atoms with van der Waals surface area (Å²) in [5.74, 6) is 2.28. The number of amides is 1. The highest BCUT2D eigenvalue weighted by molar-refractivity contribution is 5.78. The summed E-state index contributed by atoms with van der Waals surface area (Å²) in [5, 5.41) is 0. The number of hydrogen-bond acceptors (Lipinski definition) is 5. The molecule has 0 spiro atoms. The van der Waals surface area contributed by atoms with Gasteiger partial charge in [0.1, 0.15) is 0 Å². The van der Waals surface area contributed by atoms with Gasteiger partial charge in [0.15, 0.2) is 18.1 Å². The number of ether oxygens (including phenoxy) is 3. The first-order valence-corrected chi connectivity index (χ1v) is 10.1. The average Bonchev–Trinajstić information content (AvgIpc) is 3.29. The van der Waals surface area contributed by atoms with Crippen LogP contribution in [-0.4, -0.2) is 74.9 Å². The van der Waals surface area contributed by atoms with E-state index in [0.717, 1.165) is 19.7 Å². The summed E-state index contributed by atoms with van der Waals surface area (Å²) in [7, 11) is 1.60. The zero-order chi connectivity index (χ0) is 18.6. The fraction of sp³-hybridized carbons (Fsp3) is 0.667. The minimum Gasteiger partial charge on any atom is -0.493 e. The molecule has 3 fully saturated rings. The Morgan fingerprint density at radius 1 is 1.15 bits per heavy atom. The third-order valence-electron chi connectivity index (χ3n) is 6.15. The Balaban J connectivity index is 1.29. The van der Waals surface area contributed by atoms with Gasteiger partial charge in [-0.2, -0.15) is 0 Å². The van der Waals surface area contributed by atoms with Crippen molar-refractivity contribution in [1.29, 1.82) is 0 Å². The first kappa shape index (κ1) is 18.6. The van der Waals surface area contributed by atoms with Crippen molar-refractivity contribution in [3.63, 3.8) is 0 Å². The van der Waals surface area contributed by atoms with E-state index < -0.39 is 0 Å². The van der Waals surface area contributed by atoms with E-state index in [1.807, 2.05) is 29.2 Å². The first-order chi connectivity index (χ1) is 13.2. The Hall–Kier alpha value is -1.79. The number of likely N-dealkylation sites (tertiary alicyclic amines) is 2. The van der Waals surface area contributed by atoms with Gasteiger partial charge in [0.2, 0.25) is 0 Å². The fourth-order valence-corrected chi connectivity index (χ4v) is 4.63. The quantitative estimate of drug-likeness (QED) is 0.763. The molecular formula is C21H30N2O4. The number of nitrogens with zero attached hydrogens (tertiary/aromatic N) is 2. The predicted octanol–water partition coefficient (Wildman–Crippen LogP) is 2.03. The van der Waals surface area contributed by atoms with E-state index >= 15 is 0 Å². The number of carbonyl (C=O) groups is 1. The number of benzene rings is 1. The molecule has 0 aliphatic carbocycles. The minimum absolute atomic E-state index is 0.0237. The summed E-state index contributed by atoms with van der Waals surface area (Å²) < 4.78 is 17.0. The van der Waals surface area contributed by atoms with Crippen LogP contribution in [-0.2, 0) is 9.53 Å². The van der Waals surface area contributed by atoms with Crippen LogP contribution in [0.2, 0.25) is 0 Å². The van der Waals surface area contributed by atoms with Crippen LogP contribution in [0.5, 0.6) is 11.5 Å². The Morgan fingerprint density at radius 2 is 1.93 bits per heavy atom. The number of fused-ring (bicyclic) bond motifs is 1. The normalized spacial score (nSPS) is 28.2. The Morgan fingerprint density at radius 3 is 2.70 bits per heavy atom. The van der Waals surface area contributed by atoms with E-state index in [2.05, 4.69) is 4.90 Å². The molecule has 3 saturated heterocycles. The van der Waals surface area contributed by atoms with Gasteiger partial charge >= 0.3 is 0 Å². The van der Waals surface area contributed by atoms with E-state index in [-0.39, 0.29) is 18.6 Å². The Labute approximate surface area is 161 Å². The molecule has 0 unspecified atom stereocenters. The molecule has 3 heterocycles. The number of carbonyl (C=O) groups excluding carboxylic acids is 1. The molecule has 0 aromatic heterocycles. The van der Waals surface area contributed by atoms with Crippen molar-refractivity contribution in [2.24, 2.45) is 11.8 Å². The van der Waals surface area contributed by atoms with Crippen LogP contribution in [0, 0.1) is 11.8 Å². The third-order valence-corrected chi connectivity index (χ3v) is 6.15. The molecule has 3 aliphatic rings. The van der Waals surface area contributed by atoms with Gasteiger partial charge in [0.05, 0.1) is 19.8 Å². The monoisotopic (exact) mass is 374 g/mol. The number of rotatable bonds is 6. The van der Waals surface area contributed by atoms with Crippen LogP contribution in [0.3, 0.4) is 0 Å². The van der Waals surface area contributed by atoms with E-state index in [0.29, 0.717) is 29.9 Å². The van der Waals surface area contributed by atoms with E-state index in [4.69, 9.17) is 14.2 Å². The minimum atomic E-state index is 0.0237. The molecule has 27 heavy (non-hydrogen) atoms. The predicted molar refractivity (Wildman–Crippen MR) is 102 cm³/mol. The van der Waals surface area contributed by atoms with Gasteiger partial charge in [0, 0.05) is 31.5 Å². The van der Waals surface area contributed by atoms with Crippen molar-refractivity contribution < 1.29 is 19.0 Å². The molecule has 3 aliphatic heterocycles. The summed E-state index contributed by atoms with van der Waals surface area (Å²) in [6, 6.07) is 7.41. The highest BCUT2D eigenvalue weighted by atomic mass is 16.5. The van der Waals surface area contributed by atoms with Gasteiger partial charge in [-0.15, -0.1) is 0 Å². The molecule has 0 bridgehead atoms. The fourth-order valence-electron chi connectivity index (χ4n) is 4.63. The molecule has 6 heteroatoms. The van der Waals surface area contributed by atoms with Crippen molar-refractivity contribution in [1.82, 2.24) is 9.80 Å². The van der Waals surface area contributed by atoms with Crippen LogP contribution in [0.4, 0.5) is 0 Å². The second kappa shape index (κ2) is 8.48. The van der Waals surface area contributed by atoms with Crippen LogP contribution in [0.25, 0.3) is 0 Å².